The Hall–Kier alpha value is -2.02. The first-order valence-corrected chi connectivity index (χ1v) is 6.55. The summed E-state index contributed by atoms with van der Waals surface area (Å²) in [6.45, 7) is 1.85. The van der Waals surface area contributed by atoms with Gasteiger partial charge >= 0.3 is 5.97 Å². The number of esters is 1. The molecule has 1 aliphatic rings. The van der Waals surface area contributed by atoms with E-state index in [0.29, 0.717) is 19.1 Å². The molecule has 1 saturated heterocycles. The van der Waals surface area contributed by atoms with Crippen molar-refractivity contribution in [2.24, 2.45) is 0 Å². The van der Waals surface area contributed by atoms with Crippen LogP contribution in [0.1, 0.15) is 19.8 Å². The molecule has 114 valence electrons. The van der Waals surface area contributed by atoms with E-state index in [1.165, 1.54) is 6.92 Å². The average molecular weight is 299 g/mol. The number of hydrogen-bond acceptors (Lipinski definition) is 4. The first-order chi connectivity index (χ1) is 9.97. The molecule has 5 nitrogen and oxygen atoms in total. The number of rotatable bonds is 4. The predicted molar refractivity (Wildman–Crippen MR) is 69.5 cm³/mol. The van der Waals surface area contributed by atoms with Gasteiger partial charge in [-0.15, -0.1) is 0 Å². The molecule has 0 aromatic heterocycles. The SMILES string of the molecule is C[C@@H](OC(=O)[C@H]1CCCO1)C(=O)Nc1ccc(F)cc1F. The van der Waals surface area contributed by atoms with Gasteiger partial charge < -0.3 is 14.8 Å². The first kappa shape index (κ1) is 15.4. The van der Waals surface area contributed by atoms with Crippen molar-refractivity contribution in [1.29, 1.82) is 0 Å². The molecule has 1 aromatic carbocycles. The topological polar surface area (TPSA) is 64.6 Å². The Labute approximate surface area is 120 Å². The Morgan fingerprint density at radius 2 is 2.19 bits per heavy atom. The van der Waals surface area contributed by atoms with Crippen molar-refractivity contribution in [3.8, 4) is 0 Å². The summed E-state index contributed by atoms with van der Waals surface area (Å²) in [7, 11) is 0. The largest absolute Gasteiger partial charge is 0.451 e. The van der Waals surface area contributed by atoms with Crippen LogP contribution in [0.25, 0.3) is 0 Å². The standard InChI is InChI=1S/C14H15F2NO4/c1-8(21-14(19)12-3-2-6-20-12)13(18)17-11-5-4-9(15)7-10(11)16/h4-5,7-8,12H,2-3,6H2,1H3,(H,17,18)/t8-,12-/m1/s1. The van der Waals surface area contributed by atoms with E-state index in [1.807, 2.05) is 0 Å². The molecular formula is C14H15F2NO4. The number of ether oxygens (including phenoxy) is 2. The molecule has 7 heteroatoms. The second-order valence-electron chi connectivity index (χ2n) is 4.69. The third-order valence-corrected chi connectivity index (χ3v) is 3.04. The predicted octanol–water partition coefficient (Wildman–Crippen LogP) is 2.01. The molecule has 1 N–H and O–H groups in total. The van der Waals surface area contributed by atoms with E-state index in [2.05, 4.69) is 5.32 Å². The fraction of sp³-hybridized carbons (Fsp3) is 0.429. The number of amides is 1. The number of anilines is 1. The van der Waals surface area contributed by atoms with Gasteiger partial charge in [-0.05, 0) is 31.9 Å². The van der Waals surface area contributed by atoms with Gasteiger partial charge in [0.1, 0.15) is 11.6 Å². The van der Waals surface area contributed by atoms with Gasteiger partial charge in [-0.25, -0.2) is 13.6 Å². The number of halogens is 2. The Morgan fingerprint density at radius 3 is 2.81 bits per heavy atom. The Morgan fingerprint density at radius 1 is 1.43 bits per heavy atom. The molecule has 1 heterocycles. The van der Waals surface area contributed by atoms with E-state index >= 15 is 0 Å². The van der Waals surface area contributed by atoms with E-state index in [9.17, 15) is 18.4 Å². The van der Waals surface area contributed by atoms with Crippen LogP contribution in [-0.4, -0.2) is 30.7 Å². The Balaban J connectivity index is 1.91. The number of benzene rings is 1. The minimum absolute atomic E-state index is 0.179. The van der Waals surface area contributed by atoms with Crippen molar-refractivity contribution in [1.82, 2.24) is 0 Å². The molecule has 0 spiro atoms. The van der Waals surface area contributed by atoms with Crippen molar-refractivity contribution in [3.05, 3.63) is 29.8 Å². The molecular weight excluding hydrogens is 284 g/mol. The highest BCUT2D eigenvalue weighted by molar-refractivity contribution is 5.95. The fourth-order valence-corrected chi connectivity index (χ4v) is 1.89. The van der Waals surface area contributed by atoms with Gasteiger partial charge in [-0.3, -0.25) is 4.79 Å². The van der Waals surface area contributed by atoms with Gasteiger partial charge in [0.25, 0.3) is 5.91 Å². The lowest BCUT2D eigenvalue weighted by Crippen LogP contribution is -2.34. The van der Waals surface area contributed by atoms with Crippen molar-refractivity contribution in [3.63, 3.8) is 0 Å². The van der Waals surface area contributed by atoms with E-state index < -0.39 is 35.7 Å². The maximum absolute atomic E-state index is 13.4. The van der Waals surface area contributed by atoms with Crippen LogP contribution in [0.3, 0.4) is 0 Å². The lowest BCUT2D eigenvalue weighted by molar-refractivity contribution is -0.162. The van der Waals surface area contributed by atoms with Crippen molar-refractivity contribution in [2.75, 3.05) is 11.9 Å². The van der Waals surface area contributed by atoms with Gasteiger partial charge in [0, 0.05) is 12.7 Å². The molecule has 1 aliphatic heterocycles. The van der Waals surface area contributed by atoms with Crippen molar-refractivity contribution in [2.45, 2.75) is 32.0 Å². The summed E-state index contributed by atoms with van der Waals surface area (Å²) >= 11 is 0. The molecule has 0 bridgehead atoms. The monoisotopic (exact) mass is 299 g/mol. The molecule has 0 unspecified atom stereocenters. The quantitative estimate of drug-likeness (QED) is 0.864. The third-order valence-electron chi connectivity index (χ3n) is 3.04. The van der Waals surface area contributed by atoms with E-state index in [4.69, 9.17) is 9.47 Å². The summed E-state index contributed by atoms with van der Waals surface area (Å²) in [5.41, 5.74) is -0.179. The molecule has 0 aliphatic carbocycles. The number of carbonyl (C=O) groups is 2. The van der Waals surface area contributed by atoms with Crippen LogP contribution in [-0.2, 0) is 19.1 Å². The highest BCUT2D eigenvalue weighted by atomic mass is 19.1. The third kappa shape index (κ3) is 3.98. The van der Waals surface area contributed by atoms with Crippen LogP contribution in [0.4, 0.5) is 14.5 Å². The van der Waals surface area contributed by atoms with Crippen LogP contribution in [0.15, 0.2) is 18.2 Å². The molecule has 1 fully saturated rings. The molecule has 2 rings (SSSR count). The van der Waals surface area contributed by atoms with Crippen LogP contribution in [0.2, 0.25) is 0 Å². The number of nitrogens with one attached hydrogen (secondary N) is 1. The second kappa shape index (κ2) is 6.62. The smallest absolute Gasteiger partial charge is 0.336 e. The zero-order chi connectivity index (χ0) is 15.4. The molecule has 0 saturated carbocycles. The molecule has 1 aromatic rings. The minimum atomic E-state index is -1.11. The number of hydrogen-bond donors (Lipinski definition) is 1. The van der Waals surface area contributed by atoms with Crippen LogP contribution in [0, 0.1) is 11.6 Å². The summed E-state index contributed by atoms with van der Waals surface area (Å²) in [6, 6.07) is 2.76. The maximum Gasteiger partial charge on any atom is 0.336 e. The normalized spacial score (nSPS) is 19.1. The number of carbonyl (C=O) groups excluding carboxylic acids is 2. The highest BCUT2D eigenvalue weighted by Gasteiger charge is 2.28. The van der Waals surface area contributed by atoms with Crippen molar-refractivity contribution < 1.29 is 27.8 Å². The highest BCUT2D eigenvalue weighted by Crippen LogP contribution is 2.17. The molecule has 21 heavy (non-hydrogen) atoms. The molecule has 2 atom stereocenters. The lowest BCUT2D eigenvalue weighted by Gasteiger charge is -2.16. The summed E-state index contributed by atoms with van der Waals surface area (Å²) in [4.78, 5) is 23.5. The summed E-state index contributed by atoms with van der Waals surface area (Å²) in [5, 5.41) is 2.23. The van der Waals surface area contributed by atoms with Gasteiger partial charge in [-0.1, -0.05) is 0 Å². The summed E-state index contributed by atoms with van der Waals surface area (Å²) in [5.74, 6) is -2.97. The maximum atomic E-state index is 13.4. The van der Waals surface area contributed by atoms with Gasteiger partial charge in [0.2, 0.25) is 0 Å². The van der Waals surface area contributed by atoms with Crippen LogP contribution in [0.5, 0.6) is 0 Å². The van der Waals surface area contributed by atoms with E-state index in [-0.39, 0.29) is 5.69 Å². The van der Waals surface area contributed by atoms with Gasteiger partial charge in [0.05, 0.1) is 5.69 Å². The fourth-order valence-electron chi connectivity index (χ4n) is 1.89. The Kier molecular flexibility index (Phi) is 4.85. The van der Waals surface area contributed by atoms with Crippen LogP contribution < -0.4 is 5.32 Å². The zero-order valence-corrected chi connectivity index (χ0v) is 11.4. The van der Waals surface area contributed by atoms with Gasteiger partial charge in [-0.2, -0.15) is 0 Å². The first-order valence-electron chi connectivity index (χ1n) is 6.55. The van der Waals surface area contributed by atoms with E-state index in [1.54, 1.807) is 0 Å². The summed E-state index contributed by atoms with van der Waals surface area (Å²) < 4.78 is 36.2. The summed E-state index contributed by atoms with van der Waals surface area (Å²) in [6.07, 6.45) is -0.435. The van der Waals surface area contributed by atoms with Gasteiger partial charge in [0.15, 0.2) is 12.2 Å². The lowest BCUT2D eigenvalue weighted by atomic mass is 10.2. The molecule has 1 amide bonds. The zero-order valence-electron chi connectivity index (χ0n) is 11.4. The molecule has 0 radical (unpaired) electrons. The second-order valence-corrected chi connectivity index (χ2v) is 4.69. The average Bonchev–Trinajstić information content (AvgIpc) is 2.95. The minimum Gasteiger partial charge on any atom is -0.451 e. The van der Waals surface area contributed by atoms with Crippen LogP contribution >= 0.6 is 0 Å². The van der Waals surface area contributed by atoms with Crippen molar-refractivity contribution >= 4 is 17.6 Å². The Bertz CT molecular complexity index is 544. The van der Waals surface area contributed by atoms with E-state index in [0.717, 1.165) is 18.6 Å².